The molecule has 0 amide bonds. The summed E-state index contributed by atoms with van der Waals surface area (Å²) in [5.41, 5.74) is 1.12. The number of nitrogens with zero attached hydrogens (tertiary/aromatic N) is 1. The lowest BCUT2D eigenvalue weighted by Gasteiger charge is -2.00. The fraction of sp³-hybridized carbons (Fsp3) is 0.500. The highest BCUT2D eigenvalue weighted by atomic mass is 14.7. The quantitative estimate of drug-likeness (QED) is 0.535. The fourth-order valence-corrected chi connectivity index (χ4v) is 0.930. The predicted octanol–water partition coefficient (Wildman–Crippen LogP) is 2.95. The Morgan fingerprint density at radius 3 is 2.82 bits per heavy atom. The number of hydrogen-bond donors (Lipinski definition) is 0. The van der Waals surface area contributed by atoms with Gasteiger partial charge in [0.15, 0.2) is 0 Å². The molecule has 1 rings (SSSR count). The molecule has 0 aliphatic heterocycles. The smallest absolute Gasteiger partial charge is 0.0582 e. The summed E-state index contributed by atoms with van der Waals surface area (Å²) in [6, 6.07) is 0. The molecule has 1 aliphatic carbocycles. The van der Waals surface area contributed by atoms with E-state index in [1.165, 1.54) is 6.42 Å². The van der Waals surface area contributed by atoms with Crippen molar-refractivity contribution in [3.8, 4) is 0 Å². The Balaban J connectivity index is 2.48. The average Bonchev–Trinajstić information content (AvgIpc) is 2.03. The van der Waals surface area contributed by atoms with E-state index < -0.39 is 0 Å². The maximum atomic E-state index is 4.33. The van der Waals surface area contributed by atoms with Crippen molar-refractivity contribution in [2.24, 2.45) is 10.9 Å². The summed E-state index contributed by atoms with van der Waals surface area (Å²) in [6.45, 7) is 4.27. The molecule has 0 saturated heterocycles. The van der Waals surface area contributed by atoms with Crippen LogP contribution < -0.4 is 0 Å². The summed E-state index contributed by atoms with van der Waals surface area (Å²) in [5.74, 6) is 0.547. The standard InChI is InChI=1S/C10H15N/c1-9(2)8-11-10-6-4-3-5-7-10/h4,6-9H,3,5H2,1-2H3. The Kier molecular flexibility index (Phi) is 3.09. The van der Waals surface area contributed by atoms with E-state index in [1.807, 2.05) is 6.21 Å². The van der Waals surface area contributed by atoms with Crippen LogP contribution in [0.25, 0.3) is 0 Å². The van der Waals surface area contributed by atoms with Gasteiger partial charge in [0.1, 0.15) is 0 Å². The number of rotatable bonds is 2. The second-order valence-electron chi connectivity index (χ2n) is 3.13. The molecular weight excluding hydrogens is 134 g/mol. The van der Waals surface area contributed by atoms with Crippen LogP contribution in [0, 0.1) is 5.92 Å². The number of aliphatic imine (C=N–C) groups is 1. The summed E-state index contributed by atoms with van der Waals surface area (Å²) >= 11 is 0. The normalized spacial score (nSPS) is 17.9. The molecule has 11 heavy (non-hydrogen) atoms. The van der Waals surface area contributed by atoms with Gasteiger partial charge in [0.25, 0.3) is 0 Å². The molecule has 0 aromatic carbocycles. The molecule has 1 nitrogen and oxygen atoms in total. The Morgan fingerprint density at radius 1 is 1.45 bits per heavy atom. The van der Waals surface area contributed by atoms with E-state index in [4.69, 9.17) is 0 Å². The Bertz CT molecular complexity index is 197. The van der Waals surface area contributed by atoms with Crippen LogP contribution in [0.1, 0.15) is 26.7 Å². The molecule has 0 aromatic heterocycles. The largest absolute Gasteiger partial charge is 0.261 e. The molecule has 0 heterocycles. The Hall–Kier alpha value is -0.850. The fourth-order valence-electron chi connectivity index (χ4n) is 0.930. The monoisotopic (exact) mass is 149 g/mol. The van der Waals surface area contributed by atoms with Gasteiger partial charge >= 0.3 is 0 Å². The van der Waals surface area contributed by atoms with E-state index in [-0.39, 0.29) is 0 Å². The Morgan fingerprint density at radius 2 is 2.27 bits per heavy atom. The molecule has 1 aliphatic rings. The first-order valence-corrected chi connectivity index (χ1v) is 4.20. The van der Waals surface area contributed by atoms with Gasteiger partial charge in [0.05, 0.1) is 5.70 Å². The lowest BCUT2D eigenvalue weighted by molar-refractivity contribution is 0.903. The van der Waals surface area contributed by atoms with Crippen LogP contribution in [-0.4, -0.2) is 6.21 Å². The van der Waals surface area contributed by atoms with Crippen molar-refractivity contribution >= 4 is 6.21 Å². The minimum atomic E-state index is 0.547. The molecule has 0 radical (unpaired) electrons. The van der Waals surface area contributed by atoms with E-state index in [9.17, 15) is 0 Å². The minimum absolute atomic E-state index is 0.547. The van der Waals surface area contributed by atoms with Crippen molar-refractivity contribution in [3.05, 3.63) is 23.9 Å². The molecular formula is C10H15N. The zero-order chi connectivity index (χ0) is 8.10. The maximum absolute atomic E-state index is 4.33. The third-order valence-corrected chi connectivity index (χ3v) is 1.50. The van der Waals surface area contributed by atoms with Crippen LogP contribution in [0.2, 0.25) is 0 Å². The van der Waals surface area contributed by atoms with Crippen molar-refractivity contribution in [1.82, 2.24) is 0 Å². The van der Waals surface area contributed by atoms with Crippen LogP contribution >= 0.6 is 0 Å². The molecule has 0 spiro atoms. The van der Waals surface area contributed by atoms with Crippen LogP contribution in [0.5, 0.6) is 0 Å². The molecule has 60 valence electrons. The zero-order valence-corrected chi connectivity index (χ0v) is 7.25. The average molecular weight is 149 g/mol. The van der Waals surface area contributed by atoms with Crippen molar-refractivity contribution in [2.75, 3.05) is 0 Å². The molecule has 0 saturated carbocycles. The molecule has 0 unspecified atom stereocenters. The molecule has 0 bridgehead atoms. The van der Waals surface area contributed by atoms with Crippen LogP contribution in [0.4, 0.5) is 0 Å². The van der Waals surface area contributed by atoms with E-state index in [2.05, 4.69) is 37.1 Å². The van der Waals surface area contributed by atoms with Crippen LogP contribution in [-0.2, 0) is 0 Å². The Labute approximate surface area is 68.5 Å². The zero-order valence-electron chi connectivity index (χ0n) is 7.25. The van der Waals surface area contributed by atoms with E-state index in [0.29, 0.717) is 5.92 Å². The summed E-state index contributed by atoms with van der Waals surface area (Å²) in [7, 11) is 0. The third-order valence-electron chi connectivity index (χ3n) is 1.50. The summed E-state index contributed by atoms with van der Waals surface area (Å²) in [6.07, 6.45) is 10.7. The predicted molar refractivity (Wildman–Crippen MR) is 49.8 cm³/mol. The molecule has 1 heteroatoms. The first kappa shape index (κ1) is 8.25. The van der Waals surface area contributed by atoms with Crippen LogP contribution in [0.3, 0.4) is 0 Å². The third kappa shape index (κ3) is 3.17. The maximum Gasteiger partial charge on any atom is 0.0582 e. The first-order valence-electron chi connectivity index (χ1n) is 4.20. The summed E-state index contributed by atoms with van der Waals surface area (Å²) in [5, 5.41) is 0. The summed E-state index contributed by atoms with van der Waals surface area (Å²) in [4.78, 5) is 4.33. The SMILES string of the molecule is CC(C)C=NC1=CCCC=C1. The highest BCUT2D eigenvalue weighted by molar-refractivity contribution is 5.61. The second-order valence-corrected chi connectivity index (χ2v) is 3.13. The van der Waals surface area contributed by atoms with Gasteiger partial charge in [-0.2, -0.15) is 0 Å². The van der Waals surface area contributed by atoms with Gasteiger partial charge in [-0.3, -0.25) is 4.99 Å². The molecule has 0 aromatic rings. The van der Waals surface area contributed by atoms with E-state index >= 15 is 0 Å². The van der Waals surface area contributed by atoms with Crippen molar-refractivity contribution in [2.45, 2.75) is 26.7 Å². The first-order chi connectivity index (χ1) is 5.29. The second kappa shape index (κ2) is 4.12. The van der Waals surface area contributed by atoms with E-state index in [1.54, 1.807) is 0 Å². The molecule has 0 fully saturated rings. The topological polar surface area (TPSA) is 12.4 Å². The van der Waals surface area contributed by atoms with Crippen molar-refractivity contribution < 1.29 is 0 Å². The number of allylic oxidation sites excluding steroid dienone is 3. The molecule has 0 N–H and O–H groups in total. The van der Waals surface area contributed by atoms with Gasteiger partial charge in [-0.1, -0.05) is 26.0 Å². The van der Waals surface area contributed by atoms with Gasteiger partial charge in [-0.05, 0) is 24.8 Å². The van der Waals surface area contributed by atoms with Gasteiger partial charge in [-0.25, -0.2) is 0 Å². The lowest BCUT2D eigenvalue weighted by atomic mass is 10.1. The van der Waals surface area contributed by atoms with Gasteiger partial charge in [0.2, 0.25) is 0 Å². The highest BCUT2D eigenvalue weighted by Gasteiger charge is 1.93. The van der Waals surface area contributed by atoms with Gasteiger partial charge in [0, 0.05) is 6.21 Å². The summed E-state index contributed by atoms with van der Waals surface area (Å²) < 4.78 is 0. The van der Waals surface area contributed by atoms with Crippen LogP contribution in [0.15, 0.2) is 28.9 Å². The lowest BCUT2D eigenvalue weighted by Crippen LogP contribution is -1.88. The number of hydrogen-bond acceptors (Lipinski definition) is 1. The van der Waals surface area contributed by atoms with Gasteiger partial charge in [-0.15, -0.1) is 0 Å². The van der Waals surface area contributed by atoms with E-state index in [0.717, 1.165) is 12.1 Å². The minimum Gasteiger partial charge on any atom is -0.261 e. The molecule has 0 atom stereocenters. The van der Waals surface area contributed by atoms with Gasteiger partial charge < -0.3 is 0 Å². The van der Waals surface area contributed by atoms with Crippen molar-refractivity contribution in [3.63, 3.8) is 0 Å². The van der Waals surface area contributed by atoms with Crippen molar-refractivity contribution in [1.29, 1.82) is 0 Å². The highest BCUT2D eigenvalue weighted by Crippen LogP contribution is 2.10.